The molecule has 0 amide bonds. The highest BCUT2D eigenvalue weighted by Crippen LogP contribution is 2.66. The predicted molar refractivity (Wildman–Crippen MR) is 121 cm³/mol. The Morgan fingerprint density at radius 1 is 1.11 bits per heavy atom. The molecule has 3 aliphatic carbocycles. The lowest BCUT2D eigenvalue weighted by molar-refractivity contribution is -0.180. The highest BCUT2D eigenvalue weighted by atomic mass is 19.4. The van der Waals surface area contributed by atoms with Gasteiger partial charge in [0.15, 0.2) is 5.65 Å². The second-order valence-electron chi connectivity index (χ2n) is 10.0. The minimum Gasteiger partial charge on any atom is -0.370 e. The first kappa shape index (κ1) is 22.4. The van der Waals surface area contributed by atoms with Crippen LogP contribution in [0.25, 0.3) is 11.2 Å². The highest BCUT2D eigenvalue weighted by molar-refractivity contribution is 5.76. The summed E-state index contributed by atoms with van der Waals surface area (Å²) >= 11 is 0. The molecule has 8 nitrogen and oxygen atoms in total. The van der Waals surface area contributed by atoms with E-state index in [-0.39, 0.29) is 24.0 Å². The Hall–Kier alpha value is -3.08. The van der Waals surface area contributed by atoms with E-state index in [4.69, 9.17) is 14.7 Å². The Balaban J connectivity index is 1.41. The number of H-pyrrole nitrogens is 1. The van der Waals surface area contributed by atoms with Crippen molar-refractivity contribution in [2.75, 3.05) is 24.6 Å². The number of hydrogen-bond donors (Lipinski definition) is 1. The van der Waals surface area contributed by atoms with E-state index in [2.05, 4.69) is 15.0 Å². The molecular formula is C24H25F3N6O2. The van der Waals surface area contributed by atoms with Gasteiger partial charge in [0.25, 0.3) is 0 Å². The number of aryl methyl sites for hydroxylation is 2. The van der Waals surface area contributed by atoms with E-state index in [1.807, 2.05) is 18.7 Å². The van der Waals surface area contributed by atoms with Crippen LogP contribution >= 0.6 is 0 Å². The third-order valence-corrected chi connectivity index (χ3v) is 7.86. The number of hydrogen-bond acceptors (Lipinski definition) is 7. The summed E-state index contributed by atoms with van der Waals surface area (Å²) in [5, 5.41) is 0. The number of nitrogens with one attached hydrogen (secondary N) is 1. The molecule has 0 radical (unpaired) electrons. The van der Waals surface area contributed by atoms with Crippen molar-refractivity contribution in [2.24, 2.45) is 11.8 Å². The summed E-state index contributed by atoms with van der Waals surface area (Å²) in [7, 11) is 0. The first-order valence-electron chi connectivity index (χ1n) is 11.8. The standard InChI is InChI=1S/C24H25F3N6O2/c1-12-13(2)30-21-19(29-12)20(23-8-15(9-23)16(10-23)24(25,26)27)31-22(32-21)33-5-6-35-17(11-33)14-3-4-28-18(34)7-14/h3-4,7,15-17H,5-6,8-11H2,1-2H3,(H,28,34)/t15?,16?,17-,23?/m0/s1. The summed E-state index contributed by atoms with van der Waals surface area (Å²) in [6.07, 6.45) is -2.05. The fourth-order valence-corrected chi connectivity index (χ4v) is 5.96. The van der Waals surface area contributed by atoms with Gasteiger partial charge in [-0.05, 0) is 50.7 Å². The number of fused-ring (bicyclic) bond motifs is 2. The van der Waals surface area contributed by atoms with Crippen molar-refractivity contribution in [3.05, 3.63) is 51.3 Å². The Morgan fingerprint density at radius 3 is 2.60 bits per heavy atom. The van der Waals surface area contributed by atoms with Gasteiger partial charge in [-0.1, -0.05) is 0 Å². The second-order valence-corrected chi connectivity index (χ2v) is 10.0. The summed E-state index contributed by atoms with van der Waals surface area (Å²) < 4.78 is 46.8. The third-order valence-electron chi connectivity index (χ3n) is 7.86. The average molecular weight is 486 g/mol. The van der Waals surface area contributed by atoms with E-state index in [0.29, 0.717) is 61.0 Å². The van der Waals surface area contributed by atoms with Gasteiger partial charge in [-0.2, -0.15) is 18.2 Å². The van der Waals surface area contributed by atoms with Crippen LogP contribution in [-0.4, -0.2) is 50.8 Å². The van der Waals surface area contributed by atoms with Crippen LogP contribution in [0, 0.1) is 25.7 Å². The maximum Gasteiger partial charge on any atom is 0.392 e. The molecule has 3 aromatic heterocycles. The molecule has 4 aliphatic rings. The zero-order valence-electron chi connectivity index (χ0n) is 19.4. The average Bonchev–Trinajstić information content (AvgIpc) is 3.38. The van der Waals surface area contributed by atoms with Gasteiger partial charge < -0.3 is 14.6 Å². The van der Waals surface area contributed by atoms with E-state index in [1.54, 1.807) is 12.3 Å². The molecule has 2 atom stereocenters. The van der Waals surface area contributed by atoms with Gasteiger partial charge in [-0.3, -0.25) is 4.79 Å². The van der Waals surface area contributed by atoms with Gasteiger partial charge in [0, 0.05) is 24.2 Å². The molecule has 1 unspecified atom stereocenters. The van der Waals surface area contributed by atoms with E-state index in [0.717, 1.165) is 11.3 Å². The summed E-state index contributed by atoms with van der Waals surface area (Å²) in [5.41, 5.74) is 2.79. The van der Waals surface area contributed by atoms with Crippen molar-refractivity contribution in [1.82, 2.24) is 24.9 Å². The van der Waals surface area contributed by atoms with Gasteiger partial charge in [0.1, 0.15) is 11.6 Å². The summed E-state index contributed by atoms with van der Waals surface area (Å²) in [6.45, 7) is 5.00. The lowest BCUT2D eigenvalue weighted by atomic mass is 9.67. The van der Waals surface area contributed by atoms with Gasteiger partial charge in [-0.15, -0.1) is 0 Å². The van der Waals surface area contributed by atoms with Gasteiger partial charge >= 0.3 is 6.18 Å². The zero-order chi connectivity index (χ0) is 24.5. The Bertz CT molecular complexity index is 1370. The molecular weight excluding hydrogens is 461 g/mol. The molecule has 2 bridgehead atoms. The van der Waals surface area contributed by atoms with Gasteiger partial charge in [-0.25, -0.2) is 15.0 Å². The molecule has 11 heteroatoms. The number of aromatic amines is 1. The largest absolute Gasteiger partial charge is 0.392 e. The van der Waals surface area contributed by atoms with E-state index in [1.165, 1.54) is 6.07 Å². The van der Waals surface area contributed by atoms with Crippen LogP contribution in [0.15, 0.2) is 23.1 Å². The molecule has 35 heavy (non-hydrogen) atoms. The molecule has 0 aromatic carbocycles. The first-order chi connectivity index (χ1) is 16.6. The molecule has 1 saturated heterocycles. The van der Waals surface area contributed by atoms with Crippen molar-refractivity contribution >= 4 is 17.1 Å². The summed E-state index contributed by atoms with van der Waals surface area (Å²) in [5.74, 6) is -1.26. The molecule has 4 heterocycles. The topological polar surface area (TPSA) is 96.9 Å². The number of ether oxygens (including phenoxy) is 1. The van der Waals surface area contributed by atoms with Gasteiger partial charge in [0.2, 0.25) is 11.5 Å². The maximum absolute atomic E-state index is 13.6. The quantitative estimate of drug-likeness (QED) is 0.605. The SMILES string of the molecule is Cc1nc2nc(N3CCO[C@H](c4cc[nH]c(=O)c4)C3)nc(C34CC(C3)C(C(F)(F)F)C4)c2nc1C. The molecule has 3 aromatic rings. The van der Waals surface area contributed by atoms with Crippen LogP contribution in [0.3, 0.4) is 0 Å². The van der Waals surface area contributed by atoms with Crippen LogP contribution in [0.5, 0.6) is 0 Å². The number of aromatic nitrogens is 5. The van der Waals surface area contributed by atoms with E-state index < -0.39 is 17.5 Å². The molecule has 7 rings (SSSR count). The molecule has 184 valence electrons. The Morgan fingerprint density at radius 2 is 1.89 bits per heavy atom. The number of alkyl halides is 3. The predicted octanol–water partition coefficient (Wildman–Crippen LogP) is 3.53. The molecule has 4 fully saturated rings. The number of anilines is 1. The van der Waals surface area contributed by atoms with Crippen LogP contribution < -0.4 is 10.5 Å². The molecule has 3 saturated carbocycles. The van der Waals surface area contributed by atoms with Gasteiger partial charge in [0.05, 0.1) is 36.2 Å². The molecule has 0 spiro atoms. The van der Waals surface area contributed by atoms with Crippen molar-refractivity contribution in [2.45, 2.75) is 50.8 Å². The fraction of sp³-hybridized carbons (Fsp3) is 0.542. The minimum absolute atomic E-state index is 0.0276. The summed E-state index contributed by atoms with van der Waals surface area (Å²) in [4.78, 5) is 35.2. The second kappa shape index (κ2) is 7.71. The zero-order valence-corrected chi connectivity index (χ0v) is 19.4. The van der Waals surface area contributed by atoms with Crippen molar-refractivity contribution < 1.29 is 17.9 Å². The Kier molecular flexibility index (Phi) is 4.93. The number of halogens is 3. The van der Waals surface area contributed by atoms with E-state index in [9.17, 15) is 18.0 Å². The molecule has 1 N–H and O–H groups in total. The minimum atomic E-state index is -4.21. The number of rotatable bonds is 3. The Labute approximate surface area is 199 Å². The van der Waals surface area contributed by atoms with Crippen LogP contribution in [0.1, 0.15) is 48.0 Å². The lowest BCUT2D eigenvalue weighted by Crippen LogP contribution is -2.41. The van der Waals surface area contributed by atoms with Crippen LogP contribution in [0.2, 0.25) is 0 Å². The fourth-order valence-electron chi connectivity index (χ4n) is 5.96. The van der Waals surface area contributed by atoms with Crippen molar-refractivity contribution in [3.8, 4) is 0 Å². The summed E-state index contributed by atoms with van der Waals surface area (Å²) in [6, 6.07) is 3.30. The number of morpholine rings is 1. The lowest BCUT2D eigenvalue weighted by Gasteiger charge is -2.39. The monoisotopic (exact) mass is 486 g/mol. The number of nitrogens with zero attached hydrogens (tertiary/aromatic N) is 5. The van der Waals surface area contributed by atoms with E-state index >= 15 is 0 Å². The highest BCUT2D eigenvalue weighted by Gasteiger charge is 2.65. The third kappa shape index (κ3) is 3.67. The smallest absolute Gasteiger partial charge is 0.370 e. The van der Waals surface area contributed by atoms with Crippen molar-refractivity contribution in [3.63, 3.8) is 0 Å². The normalized spacial score (nSPS) is 28.4. The number of pyridine rings is 1. The maximum atomic E-state index is 13.6. The van der Waals surface area contributed by atoms with Crippen LogP contribution in [-0.2, 0) is 10.2 Å². The first-order valence-corrected chi connectivity index (χ1v) is 11.8. The van der Waals surface area contributed by atoms with Crippen molar-refractivity contribution in [1.29, 1.82) is 0 Å². The van der Waals surface area contributed by atoms with Crippen LogP contribution in [0.4, 0.5) is 19.1 Å². The molecule has 1 aliphatic heterocycles.